The van der Waals surface area contributed by atoms with Crippen molar-refractivity contribution in [3.63, 3.8) is 0 Å². The quantitative estimate of drug-likeness (QED) is 0.646. The molecule has 1 fully saturated rings. The van der Waals surface area contributed by atoms with Gasteiger partial charge in [-0.2, -0.15) is 0 Å². The lowest BCUT2D eigenvalue weighted by Gasteiger charge is -2.32. The molecule has 1 atom stereocenters. The number of hydrogen-bond donors (Lipinski definition) is 2. The van der Waals surface area contributed by atoms with Gasteiger partial charge in [-0.1, -0.05) is 24.6 Å². The topological polar surface area (TPSA) is 125 Å². The molecule has 2 aromatic rings. The van der Waals surface area contributed by atoms with Crippen LogP contribution in [0.3, 0.4) is 0 Å². The second-order valence-corrected chi connectivity index (χ2v) is 9.35. The number of quaternary nitrogens is 1. The van der Waals surface area contributed by atoms with Crippen LogP contribution in [0.1, 0.15) is 43.6 Å². The molecule has 9 nitrogen and oxygen atoms in total. The van der Waals surface area contributed by atoms with Crippen LogP contribution in [0, 0.1) is 12.8 Å². The minimum absolute atomic E-state index is 0.0305. The molecule has 28 heavy (non-hydrogen) atoms. The number of rotatable bonds is 7. The summed E-state index contributed by atoms with van der Waals surface area (Å²) in [6.07, 6.45) is 2.22. The van der Waals surface area contributed by atoms with Crippen molar-refractivity contribution in [3.8, 4) is 0 Å². The van der Waals surface area contributed by atoms with Crippen molar-refractivity contribution in [3.05, 3.63) is 35.7 Å². The summed E-state index contributed by atoms with van der Waals surface area (Å²) in [7, 11) is -3.56. The van der Waals surface area contributed by atoms with E-state index in [1.807, 2.05) is 13.8 Å². The molecule has 1 aromatic heterocycles. The van der Waals surface area contributed by atoms with Crippen LogP contribution in [0.4, 0.5) is 0 Å². The monoisotopic (exact) mass is 407 g/mol. The first-order valence-electron chi connectivity index (χ1n) is 9.51. The average Bonchev–Trinajstić information content (AvgIpc) is 3.10. The summed E-state index contributed by atoms with van der Waals surface area (Å²) in [5.41, 5.74) is 6.42. The number of tetrazole rings is 1. The van der Waals surface area contributed by atoms with Gasteiger partial charge in [0, 0.05) is 25.2 Å². The number of likely N-dealkylation sites (tertiary alicyclic amines) is 1. The van der Waals surface area contributed by atoms with Crippen molar-refractivity contribution >= 4 is 15.7 Å². The zero-order valence-corrected chi connectivity index (χ0v) is 17.0. The highest BCUT2D eigenvalue weighted by molar-refractivity contribution is 7.90. The maximum absolute atomic E-state index is 12.8. The molecule has 1 aliphatic heterocycles. The van der Waals surface area contributed by atoms with Gasteiger partial charge in [0.05, 0.1) is 18.0 Å². The number of aryl methyl sites for hydroxylation is 1. The van der Waals surface area contributed by atoms with Crippen LogP contribution in [0.15, 0.2) is 29.2 Å². The van der Waals surface area contributed by atoms with Crippen LogP contribution in [0.5, 0.6) is 0 Å². The lowest BCUT2D eigenvalue weighted by atomic mass is 9.94. The van der Waals surface area contributed by atoms with Gasteiger partial charge in [0.25, 0.3) is 0 Å². The molecule has 0 unspecified atom stereocenters. The summed E-state index contributed by atoms with van der Waals surface area (Å²) >= 11 is 0. The van der Waals surface area contributed by atoms with E-state index in [0.29, 0.717) is 5.82 Å². The second kappa shape index (κ2) is 8.36. The van der Waals surface area contributed by atoms with E-state index in [1.165, 1.54) is 9.58 Å². The van der Waals surface area contributed by atoms with Gasteiger partial charge in [0.1, 0.15) is 6.04 Å². The van der Waals surface area contributed by atoms with E-state index in [0.717, 1.165) is 37.9 Å². The third-order valence-corrected chi connectivity index (χ3v) is 7.05. The van der Waals surface area contributed by atoms with Crippen molar-refractivity contribution in [1.29, 1.82) is 0 Å². The molecule has 2 heterocycles. The predicted molar refractivity (Wildman–Crippen MR) is 102 cm³/mol. The van der Waals surface area contributed by atoms with Gasteiger partial charge in [-0.25, -0.2) is 13.1 Å². The second-order valence-electron chi connectivity index (χ2n) is 7.39. The van der Waals surface area contributed by atoms with Gasteiger partial charge >= 0.3 is 0 Å². The molecular weight excluding hydrogens is 380 g/mol. The van der Waals surface area contributed by atoms with Crippen LogP contribution < -0.4 is 10.6 Å². The van der Waals surface area contributed by atoms with Gasteiger partial charge in [0.15, 0.2) is 15.7 Å². The summed E-state index contributed by atoms with van der Waals surface area (Å²) in [6, 6.07) is 6.72. The third kappa shape index (κ3) is 4.39. The highest BCUT2D eigenvalue weighted by Gasteiger charge is 2.34. The Morgan fingerprint density at radius 3 is 2.50 bits per heavy atom. The summed E-state index contributed by atoms with van der Waals surface area (Å²) in [5.74, 6) is -0.0717. The van der Waals surface area contributed by atoms with Crippen molar-refractivity contribution in [1.82, 2.24) is 20.2 Å². The van der Waals surface area contributed by atoms with Gasteiger partial charge in [0.2, 0.25) is 11.7 Å². The molecule has 1 aliphatic rings. The number of nitrogens with two attached hydrogens (primary N) is 1. The molecule has 1 saturated heterocycles. The molecule has 152 valence electrons. The Bertz CT molecular complexity index is 917. The van der Waals surface area contributed by atoms with Gasteiger partial charge < -0.3 is 10.6 Å². The lowest BCUT2D eigenvalue weighted by molar-refractivity contribution is -0.938. The first-order chi connectivity index (χ1) is 13.3. The SMILES string of the molecule is CC[C@H](c1nnnn1CS(=O)(=O)c1ccc(C)cc1)[NH+]1CCC(C(N)=O)CC1. The van der Waals surface area contributed by atoms with E-state index in [2.05, 4.69) is 15.5 Å². The molecule has 1 amide bonds. The lowest BCUT2D eigenvalue weighted by Crippen LogP contribution is -3.13. The molecular formula is C18H27N6O3S+. The van der Waals surface area contributed by atoms with Crippen LogP contribution in [0.25, 0.3) is 0 Å². The number of carbonyl (C=O) groups is 1. The summed E-state index contributed by atoms with van der Waals surface area (Å²) in [5, 5.41) is 11.8. The molecule has 3 rings (SSSR count). The van der Waals surface area contributed by atoms with Gasteiger partial charge in [-0.15, -0.1) is 5.10 Å². The largest absolute Gasteiger partial charge is 0.369 e. The number of nitrogens with zero attached hydrogens (tertiary/aromatic N) is 4. The summed E-state index contributed by atoms with van der Waals surface area (Å²) in [6.45, 7) is 5.50. The highest BCUT2D eigenvalue weighted by Crippen LogP contribution is 2.18. The number of benzene rings is 1. The molecule has 0 radical (unpaired) electrons. The normalized spacial score (nSPS) is 21.4. The first-order valence-corrected chi connectivity index (χ1v) is 11.2. The van der Waals surface area contributed by atoms with E-state index in [9.17, 15) is 13.2 Å². The van der Waals surface area contributed by atoms with E-state index in [1.54, 1.807) is 24.3 Å². The number of primary amides is 1. The zero-order chi connectivity index (χ0) is 20.3. The van der Waals surface area contributed by atoms with E-state index >= 15 is 0 Å². The number of sulfone groups is 1. The molecule has 0 spiro atoms. The predicted octanol–water partition coefficient (Wildman–Crippen LogP) is -0.356. The number of carbonyl (C=O) groups excluding carboxylic acids is 1. The van der Waals surface area contributed by atoms with Crippen LogP contribution in [-0.2, 0) is 20.5 Å². The van der Waals surface area contributed by atoms with Gasteiger partial charge in [-0.3, -0.25) is 4.79 Å². The number of piperidine rings is 1. The van der Waals surface area contributed by atoms with Crippen molar-refractivity contribution < 1.29 is 18.1 Å². The Morgan fingerprint density at radius 1 is 1.29 bits per heavy atom. The fourth-order valence-corrected chi connectivity index (χ4v) is 5.02. The smallest absolute Gasteiger partial charge is 0.220 e. The van der Waals surface area contributed by atoms with Crippen LogP contribution >= 0.6 is 0 Å². The Labute approximate surface area is 164 Å². The number of amides is 1. The van der Waals surface area contributed by atoms with Gasteiger partial charge in [-0.05, 0) is 29.5 Å². The fraction of sp³-hybridized carbons (Fsp3) is 0.556. The molecule has 0 saturated carbocycles. The summed E-state index contributed by atoms with van der Waals surface area (Å²) < 4.78 is 27.0. The fourth-order valence-electron chi connectivity index (χ4n) is 3.81. The number of hydrogen-bond acceptors (Lipinski definition) is 6. The van der Waals surface area contributed by atoms with E-state index in [-0.39, 0.29) is 28.6 Å². The highest BCUT2D eigenvalue weighted by atomic mass is 32.2. The minimum atomic E-state index is -3.56. The third-order valence-electron chi connectivity index (χ3n) is 5.47. The Balaban J connectivity index is 1.78. The van der Waals surface area contributed by atoms with E-state index in [4.69, 9.17) is 5.73 Å². The Hall–Kier alpha value is -2.33. The molecule has 0 aliphatic carbocycles. The summed E-state index contributed by atoms with van der Waals surface area (Å²) in [4.78, 5) is 12.9. The standard InChI is InChI=1S/C18H26N6O3S/c1-3-16(23-10-8-14(9-11-23)17(19)25)18-20-21-22-24(18)12-28(26,27)15-6-4-13(2)5-7-15/h4-7,14,16H,3,8-12H2,1-2H3,(H2,19,25)/p+1/t16-/m1/s1. The van der Waals surface area contributed by atoms with Crippen molar-refractivity contribution in [2.75, 3.05) is 13.1 Å². The van der Waals surface area contributed by atoms with Crippen molar-refractivity contribution in [2.24, 2.45) is 11.7 Å². The average molecular weight is 408 g/mol. The minimum Gasteiger partial charge on any atom is -0.369 e. The molecule has 0 bridgehead atoms. The number of aromatic nitrogens is 4. The number of nitrogens with one attached hydrogen (secondary N) is 1. The van der Waals surface area contributed by atoms with E-state index < -0.39 is 9.84 Å². The zero-order valence-electron chi connectivity index (χ0n) is 16.2. The van der Waals surface area contributed by atoms with Crippen molar-refractivity contribution in [2.45, 2.75) is 49.9 Å². The molecule has 1 aromatic carbocycles. The maximum Gasteiger partial charge on any atom is 0.220 e. The Kier molecular flexibility index (Phi) is 6.09. The van der Waals surface area contributed by atoms with Crippen LogP contribution in [0.2, 0.25) is 0 Å². The Morgan fingerprint density at radius 2 is 1.93 bits per heavy atom. The molecule has 10 heteroatoms. The van der Waals surface area contributed by atoms with Crippen LogP contribution in [-0.4, -0.2) is 47.6 Å². The maximum atomic E-state index is 12.8. The first kappa shape index (κ1) is 20.4. The molecule has 3 N–H and O–H groups in total.